The summed E-state index contributed by atoms with van der Waals surface area (Å²) in [4.78, 5) is 26.2. The van der Waals surface area contributed by atoms with E-state index < -0.39 is 11.8 Å². The molecule has 1 aliphatic heterocycles. The van der Waals surface area contributed by atoms with Crippen molar-refractivity contribution in [3.63, 3.8) is 0 Å². The van der Waals surface area contributed by atoms with Crippen molar-refractivity contribution in [1.29, 1.82) is 0 Å². The molecule has 6 nitrogen and oxygen atoms in total. The average molecular weight is 417 g/mol. The van der Waals surface area contributed by atoms with Gasteiger partial charge >= 0.3 is 6.03 Å². The van der Waals surface area contributed by atoms with Crippen LogP contribution in [0.25, 0.3) is 0 Å². The first kappa shape index (κ1) is 21.5. The van der Waals surface area contributed by atoms with E-state index in [1.807, 2.05) is 0 Å². The van der Waals surface area contributed by atoms with Gasteiger partial charge in [-0.1, -0.05) is 6.07 Å². The number of urea groups is 1. The summed E-state index contributed by atoms with van der Waals surface area (Å²) >= 11 is 0. The lowest BCUT2D eigenvalue weighted by Gasteiger charge is -2.33. The summed E-state index contributed by atoms with van der Waals surface area (Å²) in [6.07, 6.45) is 2.01. The van der Waals surface area contributed by atoms with E-state index in [0.717, 1.165) is 12.8 Å². The first-order chi connectivity index (χ1) is 14.5. The van der Waals surface area contributed by atoms with Crippen LogP contribution in [0.5, 0.6) is 5.75 Å². The molecule has 160 valence electrons. The number of nitrogens with one attached hydrogen (secondary N) is 2. The number of halogens is 2. The minimum atomic E-state index is -0.419. The molecule has 1 saturated heterocycles. The van der Waals surface area contributed by atoms with Gasteiger partial charge in [-0.05, 0) is 61.2 Å². The molecule has 0 spiro atoms. The summed E-state index contributed by atoms with van der Waals surface area (Å²) in [5.74, 6) is -0.0899. The maximum atomic E-state index is 13.2. The Morgan fingerprint density at radius 1 is 1.10 bits per heavy atom. The molecule has 1 atom stereocenters. The Morgan fingerprint density at radius 2 is 1.90 bits per heavy atom. The van der Waals surface area contributed by atoms with E-state index in [1.165, 1.54) is 42.5 Å². The normalized spacial score (nSPS) is 16.1. The molecule has 0 saturated carbocycles. The zero-order valence-electron chi connectivity index (χ0n) is 16.6. The fourth-order valence-electron chi connectivity index (χ4n) is 3.38. The number of rotatable bonds is 7. The average Bonchev–Trinajstić information content (AvgIpc) is 2.74. The molecule has 3 amide bonds. The van der Waals surface area contributed by atoms with E-state index in [4.69, 9.17) is 4.74 Å². The van der Waals surface area contributed by atoms with Crippen LogP contribution >= 0.6 is 0 Å². The molecule has 1 heterocycles. The van der Waals surface area contributed by atoms with Crippen LogP contribution in [-0.2, 0) is 4.79 Å². The molecule has 1 unspecified atom stereocenters. The lowest BCUT2D eigenvalue weighted by molar-refractivity contribution is -0.133. The standard InChI is InChI=1S/C22H25F2N3O3/c23-17-6-8-20(9-7-17)30-12-10-21(28)27-11-2-3-16(15-27)14-25-22(29)26-19-5-1-4-18(24)13-19/h1,4-9,13,16H,2-3,10-12,14-15H2,(H2,25,26,29). The van der Waals surface area contributed by atoms with Gasteiger partial charge in [-0.15, -0.1) is 0 Å². The molecule has 2 aromatic rings. The molecule has 1 aliphatic rings. The molecule has 0 aliphatic carbocycles. The molecular weight excluding hydrogens is 392 g/mol. The number of carbonyl (C=O) groups excluding carboxylic acids is 2. The van der Waals surface area contributed by atoms with Gasteiger partial charge in [-0.25, -0.2) is 13.6 Å². The zero-order valence-corrected chi connectivity index (χ0v) is 16.6. The molecule has 0 radical (unpaired) electrons. The number of nitrogens with zero attached hydrogens (tertiary/aromatic N) is 1. The fourth-order valence-corrected chi connectivity index (χ4v) is 3.38. The molecule has 2 aromatic carbocycles. The quantitative estimate of drug-likeness (QED) is 0.720. The van der Waals surface area contributed by atoms with Gasteiger partial charge in [-0.2, -0.15) is 0 Å². The third-order valence-electron chi connectivity index (χ3n) is 4.90. The van der Waals surface area contributed by atoms with E-state index in [0.29, 0.717) is 31.1 Å². The highest BCUT2D eigenvalue weighted by Gasteiger charge is 2.23. The Hall–Kier alpha value is -3.16. The maximum absolute atomic E-state index is 13.2. The Labute approximate surface area is 174 Å². The van der Waals surface area contributed by atoms with Crippen molar-refractivity contribution in [2.75, 3.05) is 31.6 Å². The van der Waals surface area contributed by atoms with Crippen LogP contribution in [0.1, 0.15) is 19.3 Å². The van der Waals surface area contributed by atoms with Gasteiger partial charge in [0.2, 0.25) is 5.91 Å². The summed E-state index contributed by atoms with van der Waals surface area (Å²) in [6.45, 7) is 1.90. The monoisotopic (exact) mass is 417 g/mol. The number of carbonyl (C=O) groups is 2. The van der Waals surface area contributed by atoms with Crippen molar-refractivity contribution in [3.8, 4) is 5.75 Å². The van der Waals surface area contributed by atoms with E-state index in [2.05, 4.69) is 10.6 Å². The van der Waals surface area contributed by atoms with Crippen LogP contribution in [-0.4, -0.2) is 43.1 Å². The largest absolute Gasteiger partial charge is 0.493 e. The third-order valence-corrected chi connectivity index (χ3v) is 4.90. The van der Waals surface area contributed by atoms with Crippen molar-refractivity contribution in [2.45, 2.75) is 19.3 Å². The zero-order chi connectivity index (χ0) is 21.3. The summed E-state index contributed by atoms with van der Waals surface area (Å²) < 4.78 is 31.6. The Bertz CT molecular complexity index is 861. The SMILES string of the molecule is O=C(NCC1CCCN(C(=O)CCOc2ccc(F)cc2)C1)Nc1cccc(F)c1. The van der Waals surface area contributed by atoms with Crippen LogP contribution in [0.15, 0.2) is 48.5 Å². The topological polar surface area (TPSA) is 70.7 Å². The second-order valence-corrected chi connectivity index (χ2v) is 7.25. The van der Waals surface area contributed by atoms with Crippen molar-refractivity contribution < 1.29 is 23.1 Å². The first-order valence-electron chi connectivity index (χ1n) is 9.96. The predicted octanol–water partition coefficient (Wildman–Crippen LogP) is 3.79. The molecule has 1 fully saturated rings. The third kappa shape index (κ3) is 6.72. The van der Waals surface area contributed by atoms with Gasteiger partial charge in [0.15, 0.2) is 0 Å². The molecule has 8 heteroatoms. The van der Waals surface area contributed by atoms with Gasteiger partial charge in [0.05, 0.1) is 13.0 Å². The number of amides is 3. The van der Waals surface area contributed by atoms with Gasteiger partial charge in [0.1, 0.15) is 17.4 Å². The summed E-state index contributed by atoms with van der Waals surface area (Å²) in [7, 11) is 0. The molecule has 3 rings (SSSR count). The molecule has 0 aromatic heterocycles. The number of likely N-dealkylation sites (tertiary alicyclic amines) is 1. The minimum Gasteiger partial charge on any atom is -0.493 e. The number of hydrogen-bond donors (Lipinski definition) is 2. The van der Waals surface area contributed by atoms with Gasteiger partial charge in [-0.3, -0.25) is 4.79 Å². The highest BCUT2D eigenvalue weighted by Crippen LogP contribution is 2.17. The number of ether oxygens (including phenoxy) is 1. The molecule has 2 N–H and O–H groups in total. The van der Waals surface area contributed by atoms with E-state index >= 15 is 0 Å². The van der Waals surface area contributed by atoms with Crippen LogP contribution in [0.4, 0.5) is 19.3 Å². The molecule has 0 bridgehead atoms. The summed E-state index contributed by atoms with van der Waals surface area (Å²) in [5, 5.41) is 5.38. The fraction of sp³-hybridized carbons (Fsp3) is 0.364. The maximum Gasteiger partial charge on any atom is 0.319 e. The smallest absolute Gasteiger partial charge is 0.319 e. The predicted molar refractivity (Wildman–Crippen MR) is 109 cm³/mol. The van der Waals surface area contributed by atoms with Crippen molar-refractivity contribution in [2.24, 2.45) is 5.92 Å². The van der Waals surface area contributed by atoms with E-state index in [9.17, 15) is 18.4 Å². The lowest BCUT2D eigenvalue weighted by Crippen LogP contribution is -2.44. The Morgan fingerprint density at radius 3 is 2.67 bits per heavy atom. The number of hydrogen-bond acceptors (Lipinski definition) is 3. The summed E-state index contributed by atoms with van der Waals surface area (Å²) in [5.41, 5.74) is 0.383. The van der Waals surface area contributed by atoms with E-state index in [-0.39, 0.29) is 30.7 Å². The molecule has 30 heavy (non-hydrogen) atoms. The summed E-state index contributed by atoms with van der Waals surface area (Å²) in [6, 6.07) is 10.9. The second-order valence-electron chi connectivity index (χ2n) is 7.25. The van der Waals surface area contributed by atoms with Gasteiger partial charge in [0.25, 0.3) is 0 Å². The van der Waals surface area contributed by atoms with Crippen molar-refractivity contribution >= 4 is 17.6 Å². The molecular formula is C22H25F2N3O3. The van der Waals surface area contributed by atoms with Crippen molar-refractivity contribution in [3.05, 3.63) is 60.2 Å². The first-order valence-corrected chi connectivity index (χ1v) is 9.96. The minimum absolute atomic E-state index is 0.00831. The second kappa shape index (κ2) is 10.6. The highest BCUT2D eigenvalue weighted by atomic mass is 19.1. The van der Waals surface area contributed by atoms with Crippen LogP contribution < -0.4 is 15.4 Å². The number of piperidine rings is 1. The van der Waals surface area contributed by atoms with Gasteiger partial charge in [0, 0.05) is 25.3 Å². The number of anilines is 1. The Balaban J connectivity index is 1.38. The van der Waals surface area contributed by atoms with Crippen molar-refractivity contribution in [1.82, 2.24) is 10.2 Å². The van der Waals surface area contributed by atoms with Gasteiger partial charge < -0.3 is 20.3 Å². The van der Waals surface area contributed by atoms with Crippen LogP contribution in [0.3, 0.4) is 0 Å². The van der Waals surface area contributed by atoms with E-state index in [1.54, 1.807) is 11.0 Å². The highest BCUT2D eigenvalue weighted by molar-refractivity contribution is 5.89. The lowest BCUT2D eigenvalue weighted by atomic mass is 9.98. The van der Waals surface area contributed by atoms with Crippen LogP contribution in [0.2, 0.25) is 0 Å². The van der Waals surface area contributed by atoms with Crippen LogP contribution in [0, 0.1) is 17.6 Å². The number of benzene rings is 2. The Kier molecular flexibility index (Phi) is 7.59.